The number of furan rings is 1. The molecule has 2 unspecified atom stereocenters. The minimum absolute atomic E-state index is 0.00438. The Morgan fingerprint density at radius 1 is 1.26 bits per heavy atom. The second-order valence-corrected chi connectivity index (χ2v) is 6.57. The van der Waals surface area contributed by atoms with E-state index >= 15 is 0 Å². The maximum Gasteiger partial charge on any atom is 0.137 e. The van der Waals surface area contributed by atoms with Gasteiger partial charge < -0.3 is 10.2 Å². The first kappa shape index (κ1) is 14.1. The summed E-state index contributed by atoms with van der Waals surface area (Å²) < 4.78 is 6.09. The number of nitrogens with two attached hydrogens (primary N) is 1. The van der Waals surface area contributed by atoms with Crippen LogP contribution in [0.5, 0.6) is 0 Å². The normalized spacial score (nSPS) is 15.7. The van der Waals surface area contributed by atoms with E-state index in [0.29, 0.717) is 5.92 Å². The minimum atomic E-state index is -0.0790. The maximum atomic E-state index is 6.30. The third-order valence-electron chi connectivity index (χ3n) is 3.98. The van der Waals surface area contributed by atoms with Gasteiger partial charge in [-0.1, -0.05) is 52.8 Å². The van der Waals surface area contributed by atoms with Crippen LogP contribution in [0.4, 0.5) is 0 Å². The first-order valence-corrected chi connectivity index (χ1v) is 7.12. The van der Waals surface area contributed by atoms with Crippen molar-refractivity contribution >= 4 is 11.0 Å². The fraction of sp³-hybridized carbons (Fsp3) is 0.529. The summed E-state index contributed by atoms with van der Waals surface area (Å²) in [5.41, 5.74) is 8.60. The van der Waals surface area contributed by atoms with Gasteiger partial charge in [-0.3, -0.25) is 0 Å². The van der Waals surface area contributed by atoms with E-state index in [1.54, 1.807) is 0 Å². The molecule has 19 heavy (non-hydrogen) atoms. The number of fused-ring (bicyclic) bond motifs is 1. The van der Waals surface area contributed by atoms with Crippen molar-refractivity contribution in [3.63, 3.8) is 0 Å². The molecule has 104 valence electrons. The molecule has 2 rings (SSSR count). The van der Waals surface area contributed by atoms with Crippen molar-refractivity contribution in [2.75, 3.05) is 0 Å². The van der Waals surface area contributed by atoms with E-state index in [4.69, 9.17) is 10.2 Å². The Morgan fingerprint density at radius 2 is 1.95 bits per heavy atom. The molecule has 0 bridgehead atoms. The van der Waals surface area contributed by atoms with E-state index in [-0.39, 0.29) is 11.5 Å². The molecule has 0 saturated heterocycles. The molecule has 0 radical (unpaired) electrons. The quantitative estimate of drug-likeness (QED) is 0.843. The van der Waals surface area contributed by atoms with Gasteiger partial charge in [-0.2, -0.15) is 0 Å². The highest BCUT2D eigenvalue weighted by Crippen LogP contribution is 2.36. The zero-order chi connectivity index (χ0) is 14.2. The zero-order valence-electron chi connectivity index (χ0n) is 12.7. The lowest BCUT2D eigenvalue weighted by Crippen LogP contribution is -2.25. The average molecular weight is 259 g/mol. The summed E-state index contributed by atoms with van der Waals surface area (Å²) in [5.74, 6) is 1.40. The van der Waals surface area contributed by atoms with E-state index in [2.05, 4.69) is 58.9 Å². The number of para-hydroxylation sites is 1. The average Bonchev–Trinajstić information content (AvgIpc) is 2.78. The molecule has 0 aliphatic carbocycles. The van der Waals surface area contributed by atoms with E-state index in [0.717, 1.165) is 23.2 Å². The zero-order valence-corrected chi connectivity index (χ0v) is 12.7. The van der Waals surface area contributed by atoms with Crippen LogP contribution >= 0.6 is 0 Å². The van der Waals surface area contributed by atoms with E-state index in [9.17, 15) is 0 Å². The summed E-state index contributed by atoms with van der Waals surface area (Å²) in [6.45, 7) is 10.9. The van der Waals surface area contributed by atoms with Crippen LogP contribution in [0.1, 0.15) is 64.3 Å². The van der Waals surface area contributed by atoms with E-state index in [1.807, 2.05) is 0 Å². The van der Waals surface area contributed by atoms with Crippen molar-refractivity contribution in [3.8, 4) is 0 Å². The molecule has 0 aliphatic rings. The molecule has 0 aliphatic heterocycles. The number of benzene rings is 1. The van der Waals surface area contributed by atoms with Gasteiger partial charge in [0.25, 0.3) is 0 Å². The van der Waals surface area contributed by atoms with Crippen LogP contribution in [0.2, 0.25) is 0 Å². The van der Waals surface area contributed by atoms with Crippen LogP contribution in [0.25, 0.3) is 11.0 Å². The van der Waals surface area contributed by atoms with Crippen LogP contribution in [-0.4, -0.2) is 0 Å². The predicted octanol–water partition coefficient (Wildman–Crippen LogP) is 4.99. The van der Waals surface area contributed by atoms with Crippen molar-refractivity contribution in [3.05, 3.63) is 35.6 Å². The second kappa shape index (κ2) is 5.01. The van der Waals surface area contributed by atoms with Crippen LogP contribution < -0.4 is 5.73 Å². The molecule has 2 atom stereocenters. The van der Waals surface area contributed by atoms with Crippen LogP contribution in [0, 0.1) is 5.41 Å². The molecule has 2 heteroatoms. The monoisotopic (exact) mass is 259 g/mol. The SMILES string of the molecule is CCC(C)c1cccc2cc(C(N)C(C)(C)C)oc12. The summed E-state index contributed by atoms with van der Waals surface area (Å²) in [7, 11) is 0. The topological polar surface area (TPSA) is 39.2 Å². The Balaban J connectivity index is 2.52. The van der Waals surface area contributed by atoms with Crippen molar-refractivity contribution < 1.29 is 4.42 Å². The number of hydrogen-bond acceptors (Lipinski definition) is 2. The van der Waals surface area contributed by atoms with Gasteiger partial charge in [0.1, 0.15) is 11.3 Å². The van der Waals surface area contributed by atoms with Crippen molar-refractivity contribution in [1.29, 1.82) is 0 Å². The summed E-state index contributed by atoms with van der Waals surface area (Å²) >= 11 is 0. The molecule has 1 aromatic heterocycles. The summed E-state index contributed by atoms with van der Waals surface area (Å²) in [5, 5.41) is 1.16. The molecule has 2 nitrogen and oxygen atoms in total. The third-order valence-corrected chi connectivity index (χ3v) is 3.98. The Hall–Kier alpha value is -1.28. The molecule has 0 amide bonds. The molecular formula is C17H25NO. The lowest BCUT2D eigenvalue weighted by atomic mass is 9.86. The molecule has 2 N–H and O–H groups in total. The Bertz CT molecular complexity index is 562. The summed E-state index contributed by atoms with van der Waals surface area (Å²) in [4.78, 5) is 0. The summed E-state index contributed by atoms with van der Waals surface area (Å²) in [6, 6.07) is 8.38. The van der Waals surface area contributed by atoms with E-state index < -0.39 is 0 Å². The van der Waals surface area contributed by atoms with Gasteiger partial charge in [-0.05, 0) is 29.4 Å². The van der Waals surface area contributed by atoms with Gasteiger partial charge in [-0.25, -0.2) is 0 Å². The Kier molecular flexibility index (Phi) is 3.73. The first-order valence-electron chi connectivity index (χ1n) is 7.12. The molecule has 0 spiro atoms. The van der Waals surface area contributed by atoms with Crippen LogP contribution in [0.3, 0.4) is 0 Å². The third kappa shape index (κ3) is 2.69. The van der Waals surface area contributed by atoms with Gasteiger partial charge in [0.2, 0.25) is 0 Å². The highest BCUT2D eigenvalue weighted by molar-refractivity contribution is 5.81. The fourth-order valence-electron chi connectivity index (χ4n) is 2.29. The smallest absolute Gasteiger partial charge is 0.137 e. The number of rotatable bonds is 3. The Morgan fingerprint density at radius 3 is 2.53 bits per heavy atom. The van der Waals surface area contributed by atoms with Gasteiger partial charge >= 0.3 is 0 Å². The van der Waals surface area contributed by atoms with Crippen LogP contribution in [-0.2, 0) is 0 Å². The van der Waals surface area contributed by atoms with E-state index in [1.165, 1.54) is 5.56 Å². The molecule has 2 aromatic rings. The van der Waals surface area contributed by atoms with Crippen LogP contribution in [0.15, 0.2) is 28.7 Å². The van der Waals surface area contributed by atoms with Gasteiger partial charge in [-0.15, -0.1) is 0 Å². The van der Waals surface area contributed by atoms with Gasteiger partial charge in [0, 0.05) is 5.39 Å². The molecular weight excluding hydrogens is 234 g/mol. The molecule has 0 fully saturated rings. The molecule has 0 saturated carbocycles. The standard InChI is InChI=1S/C17H25NO/c1-6-11(2)13-9-7-8-12-10-14(19-15(12)13)16(18)17(3,4)5/h7-11,16H,6,18H2,1-5H3. The van der Waals surface area contributed by atoms with Crippen molar-refractivity contribution in [1.82, 2.24) is 0 Å². The largest absolute Gasteiger partial charge is 0.459 e. The second-order valence-electron chi connectivity index (χ2n) is 6.57. The van der Waals surface area contributed by atoms with Gasteiger partial charge in [0.05, 0.1) is 6.04 Å². The lowest BCUT2D eigenvalue weighted by Gasteiger charge is -2.24. The predicted molar refractivity (Wildman–Crippen MR) is 81.3 cm³/mol. The minimum Gasteiger partial charge on any atom is -0.459 e. The van der Waals surface area contributed by atoms with Gasteiger partial charge in [0.15, 0.2) is 0 Å². The van der Waals surface area contributed by atoms with Crippen molar-refractivity contribution in [2.45, 2.75) is 53.0 Å². The first-order chi connectivity index (χ1) is 8.84. The molecule has 1 aromatic carbocycles. The van der Waals surface area contributed by atoms with Crippen molar-refractivity contribution in [2.24, 2.45) is 11.1 Å². The summed E-state index contributed by atoms with van der Waals surface area (Å²) in [6.07, 6.45) is 1.11. The molecule has 1 heterocycles. The Labute approximate surface area is 116 Å². The maximum absolute atomic E-state index is 6.30. The fourth-order valence-corrected chi connectivity index (χ4v) is 2.29. The number of hydrogen-bond donors (Lipinski definition) is 1. The highest BCUT2D eigenvalue weighted by atomic mass is 16.3. The highest BCUT2D eigenvalue weighted by Gasteiger charge is 2.26. The lowest BCUT2D eigenvalue weighted by molar-refractivity contribution is 0.290.